The maximum Gasteiger partial charge on any atom is 0.189 e. The fourth-order valence-electron chi connectivity index (χ4n) is 3.03. The number of halogens is 1. The third-order valence-corrected chi connectivity index (χ3v) is 4.10. The second-order valence-corrected chi connectivity index (χ2v) is 6.01. The monoisotopic (exact) mass is 304 g/mol. The molecule has 2 aromatic rings. The van der Waals surface area contributed by atoms with Crippen LogP contribution in [0, 0.1) is 5.82 Å². The van der Waals surface area contributed by atoms with Crippen LogP contribution in [0.1, 0.15) is 25.0 Å². The highest BCUT2D eigenvalue weighted by Gasteiger charge is 2.16. The molecule has 0 saturated carbocycles. The maximum absolute atomic E-state index is 13.9. The summed E-state index contributed by atoms with van der Waals surface area (Å²) >= 11 is 0. The number of aromatic amines is 1. The Kier molecular flexibility index (Phi) is 4.55. The number of fused-ring (bicyclic) bond motifs is 1. The lowest BCUT2D eigenvalue weighted by Crippen LogP contribution is -2.33. The van der Waals surface area contributed by atoms with Gasteiger partial charge in [-0.25, -0.2) is 4.39 Å². The molecule has 2 heterocycles. The quantitative estimate of drug-likeness (QED) is 0.944. The molecule has 0 radical (unpaired) electrons. The second-order valence-electron chi connectivity index (χ2n) is 6.01. The number of ether oxygens (including phenoxy) is 1. The number of pyridine rings is 1. The molecule has 5 heteroatoms. The molecule has 1 saturated heterocycles. The van der Waals surface area contributed by atoms with Gasteiger partial charge in [0.1, 0.15) is 5.82 Å². The van der Waals surface area contributed by atoms with Crippen molar-refractivity contribution in [3.8, 4) is 0 Å². The molecular weight excluding hydrogens is 283 g/mol. The molecule has 0 spiro atoms. The lowest BCUT2D eigenvalue weighted by Gasteiger charge is -2.27. The minimum absolute atomic E-state index is 0.148. The average Bonchev–Trinajstić information content (AvgIpc) is 2.49. The number of rotatable bonds is 4. The standard InChI is InChI=1S/C17H21FN2O2/c1-20(11-13-5-2-3-8-22-13)10-12-9-16(21)14-6-4-7-15(18)17(14)19-12/h4,6-7,9,13H,2-3,5,8,10-11H2,1H3,(H,19,21)/t13-/m1/s1. The minimum Gasteiger partial charge on any atom is -0.377 e. The van der Waals surface area contributed by atoms with E-state index in [0.717, 1.165) is 31.7 Å². The van der Waals surface area contributed by atoms with Gasteiger partial charge < -0.3 is 9.72 Å². The van der Waals surface area contributed by atoms with E-state index in [2.05, 4.69) is 9.88 Å². The molecule has 4 nitrogen and oxygen atoms in total. The van der Waals surface area contributed by atoms with Crippen LogP contribution >= 0.6 is 0 Å². The van der Waals surface area contributed by atoms with Crippen LogP contribution in [-0.4, -0.2) is 36.2 Å². The van der Waals surface area contributed by atoms with E-state index in [0.29, 0.717) is 11.9 Å². The van der Waals surface area contributed by atoms with Gasteiger partial charge in [0.2, 0.25) is 0 Å². The molecule has 1 aromatic heterocycles. The van der Waals surface area contributed by atoms with Crippen molar-refractivity contribution >= 4 is 10.9 Å². The van der Waals surface area contributed by atoms with Gasteiger partial charge in [0.05, 0.1) is 11.6 Å². The third-order valence-electron chi connectivity index (χ3n) is 4.10. The Labute approximate surface area is 128 Å². The Morgan fingerprint density at radius 1 is 1.41 bits per heavy atom. The number of aromatic nitrogens is 1. The van der Waals surface area contributed by atoms with Crippen molar-refractivity contribution in [2.75, 3.05) is 20.2 Å². The predicted octanol–water partition coefficient (Wildman–Crippen LogP) is 2.67. The lowest BCUT2D eigenvalue weighted by atomic mass is 10.1. The van der Waals surface area contributed by atoms with Crippen LogP contribution in [-0.2, 0) is 11.3 Å². The first-order chi connectivity index (χ1) is 10.6. The molecule has 0 unspecified atom stereocenters. The van der Waals surface area contributed by atoms with Crippen molar-refractivity contribution in [1.29, 1.82) is 0 Å². The summed E-state index contributed by atoms with van der Waals surface area (Å²) in [6.07, 6.45) is 3.67. The maximum atomic E-state index is 13.9. The summed E-state index contributed by atoms with van der Waals surface area (Å²) in [5, 5.41) is 0.391. The van der Waals surface area contributed by atoms with Crippen molar-refractivity contribution in [2.24, 2.45) is 0 Å². The van der Waals surface area contributed by atoms with Gasteiger partial charge in [-0.05, 0) is 38.4 Å². The molecule has 1 aromatic carbocycles. The molecule has 0 amide bonds. The smallest absolute Gasteiger partial charge is 0.189 e. The normalized spacial score (nSPS) is 19.0. The summed E-state index contributed by atoms with van der Waals surface area (Å²) in [6, 6.07) is 6.11. The van der Waals surface area contributed by atoms with E-state index in [9.17, 15) is 9.18 Å². The molecule has 0 aliphatic carbocycles. The Bertz CT molecular complexity index is 707. The van der Waals surface area contributed by atoms with E-state index in [1.807, 2.05) is 7.05 Å². The lowest BCUT2D eigenvalue weighted by molar-refractivity contribution is -0.00273. The molecule has 1 aliphatic heterocycles. The van der Waals surface area contributed by atoms with Gasteiger partial charge in [-0.1, -0.05) is 6.07 Å². The molecule has 3 rings (SSSR count). The minimum atomic E-state index is -0.394. The van der Waals surface area contributed by atoms with Gasteiger partial charge in [0.15, 0.2) is 5.43 Å². The van der Waals surface area contributed by atoms with Crippen molar-refractivity contribution < 1.29 is 9.13 Å². The van der Waals surface area contributed by atoms with E-state index >= 15 is 0 Å². The predicted molar refractivity (Wildman–Crippen MR) is 84.5 cm³/mol. The molecule has 1 atom stereocenters. The number of benzene rings is 1. The van der Waals surface area contributed by atoms with Crippen LogP contribution in [0.3, 0.4) is 0 Å². The van der Waals surface area contributed by atoms with Crippen molar-refractivity contribution in [3.63, 3.8) is 0 Å². The second kappa shape index (κ2) is 6.58. The van der Waals surface area contributed by atoms with Gasteiger partial charge in [-0.15, -0.1) is 0 Å². The van der Waals surface area contributed by atoms with E-state index in [4.69, 9.17) is 4.74 Å². The summed E-state index contributed by atoms with van der Waals surface area (Å²) in [5.74, 6) is -0.394. The first-order valence-corrected chi connectivity index (χ1v) is 7.74. The number of para-hydroxylation sites is 1. The highest BCUT2D eigenvalue weighted by Crippen LogP contribution is 2.15. The largest absolute Gasteiger partial charge is 0.377 e. The Morgan fingerprint density at radius 3 is 3.05 bits per heavy atom. The van der Waals surface area contributed by atoms with Crippen LogP contribution in [0.25, 0.3) is 10.9 Å². The summed E-state index contributed by atoms with van der Waals surface area (Å²) < 4.78 is 19.6. The number of nitrogens with zero attached hydrogens (tertiary/aromatic N) is 1. The van der Waals surface area contributed by atoms with Gasteiger partial charge in [-0.3, -0.25) is 9.69 Å². The summed E-state index contributed by atoms with van der Waals surface area (Å²) in [5.41, 5.74) is 0.860. The molecule has 1 N–H and O–H groups in total. The Morgan fingerprint density at radius 2 is 2.27 bits per heavy atom. The number of H-pyrrole nitrogens is 1. The van der Waals surface area contributed by atoms with Gasteiger partial charge >= 0.3 is 0 Å². The van der Waals surface area contributed by atoms with Crippen LogP contribution in [0.2, 0.25) is 0 Å². The van der Waals surface area contributed by atoms with Gasteiger partial charge in [-0.2, -0.15) is 0 Å². The van der Waals surface area contributed by atoms with E-state index in [1.54, 1.807) is 18.2 Å². The van der Waals surface area contributed by atoms with Crippen LogP contribution in [0.5, 0.6) is 0 Å². The highest BCUT2D eigenvalue weighted by atomic mass is 19.1. The van der Waals surface area contributed by atoms with E-state index in [1.165, 1.54) is 12.5 Å². The first-order valence-electron chi connectivity index (χ1n) is 7.74. The molecule has 0 bridgehead atoms. The van der Waals surface area contributed by atoms with Crippen LogP contribution < -0.4 is 5.43 Å². The van der Waals surface area contributed by atoms with Gasteiger partial charge in [0, 0.05) is 36.8 Å². The van der Waals surface area contributed by atoms with Crippen LogP contribution in [0.15, 0.2) is 29.1 Å². The van der Waals surface area contributed by atoms with E-state index in [-0.39, 0.29) is 17.0 Å². The zero-order valence-electron chi connectivity index (χ0n) is 12.8. The topological polar surface area (TPSA) is 45.3 Å². The molecule has 1 aliphatic rings. The third kappa shape index (κ3) is 3.36. The highest BCUT2D eigenvalue weighted by molar-refractivity contribution is 5.78. The Balaban J connectivity index is 1.75. The number of nitrogens with one attached hydrogen (secondary N) is 1. The number of likely N-dealkylation sites (N-methyl/N-ethyl adjacent to an activating group) is 1. The summed E-state index contributed by atoms with van der Waals surface area (Å²) in [7, 11) is 1.99. The zero-order chi connectivity index (χ0) is 15.5. The Hall–Kier alpha value is -1.72. The molecular formula is C17H21FN2O2. The van der Waals surface area contributed by atoms with Crippen molar-refractivity contribution in [2.45, 2.75) is 31.9 Å². The number of hydrogen-bond donors (Lipinski definition) is 1. The molecule has 118 valence electrons. The molecule has 22 heavy (non-hydrogen) atoms. The van der Waals surface area contributed by atoms with Crippen molar-refractivity contribution in [1.82, 2.24) is 9.88 Å². The van der Waals surface area contributed by atoms with Gasteiger partial charge in [0.25, 0.3) is 0 Å². The van der Waals surface area contributed by atoms with Crippen LogP contribution in [0.4, 0.5) is 4.39 Å². The summed E-state index contributed by atoms with van der Waals surface area (Å²) in [6.45, 7) is 2.22. The first kappa shape index (κ1) is 15.2. The number of hydrogen-bond acceptors (Lipinski definition) is 3. The van der Waals surface area contributed by atoms with E-state index < -0.39 is 5.82 Å². The fraction of sp³-hybridized carbons (Fsp3) is 0.471. The molecule has 1 fully saturated rings. The zero-order valence-corrected chi connectivity index (χ0v) is 12.8. The van der Waals surface area contributed by atoms with Crippen molar-refractivity contribution in [3.05, 3.63) is 46.0 Å². The average molecular weight is 304 g/mol. The SMILES string of the molecule is CN(Cc1cc(=O)c2cccc(F)c2[nH]1)C[C@H]1CCCCO1. The fourth-order valence-corrected chi connectivity index (χ4v) is 3.03. The summed E-state index contributed by atoms with van der Waals surface area (Å²) in [4.78, 5) is 17.2.